The molecule has 0 amide bonds. The van der Waals surface area contributed by atoms with Crippen molar-refractivity contribution in [1.29, 1.82) is 0 Å². The van der Waals surface area contributed by atoms with Gasteiger partial charge in [0.1, 0.15) is 6.04 Å². The quantitative estimate of drug-likeness (QED) is 0.278. The summed E-state index contributed by atoms with van der Waals surface area (Å²) in [6.45, 7) is 0. The normalized spacial score (nSPS) is 11.8. The molecule has 0 spiro atoms. The van der Waals surface area contributed by atoms with Crippen LogP contribution in [0.5, 0.6) is 0 Å². The Kier molecular flexibility index (Phi) is 8.54. The summed E-state index contributed by atoms with van der Waals surface area (Å²) < 4.78 is 0. The molecule has 0 fully saturated rings. The smallest absolute Gasteiger partial charge is 1.00 e. The maximum absolute atomic E-state index is 9.76. The molecule has 1 unspecified atom stereocenters. The number of aliphatic carboxylic acids is 1. The standard InChI is InChI=1S/C3H7NO2S.Na.H/c4-2(1-7)3(5)6;;/h2,7H,1,4H2,(H,5,6);;/q;+1;-1. The van der Waals surface area contributed by atoms with Crippen molar-refractivity contribution in [3.63, 3.8) is 0 Å². The van der Waals surface area contributed by atoms with Gasteiger partial charge in [-0.2, -0.15) is 12.6 Å². The fraction of sp³-hybridized carbons (Fsp3) is 0.667. The fourth-order valence-corrected chi connectivity index (χ4v) is 0.234. The summed E-state index contributed by atoms with van der Waals surface area (Å²) in [6, 6.07) is -0.816. The van der Waals surface area contributed by atoms with Crippen molar-refractivity contribution in [2.24, 2.45) is 5.73 Å². The molecule has 0 aromatic rings. The number of thiol groups is 1. The van der Waals surface area contributed by atoms with Crippen molar-refractivity contribution in [3.8, 4) is 0 Å². The number of carboxylic acids is 1. The number of hydrogen-bond donors (Lipinski definition) is 3. The Balaban J connectivity index is -0.000000180. The van der Waals surface area contributed by atoms with E-state index in [-0.39, 0.29) is 36.7 Å². The third kappa shape index (κ3) is 4.93. The molecule has 0 aromatic heterocycles. The van der Waals surface area contributed by atoms with E-state index in [2.05, 4.69) is 12.6 Å². The van der Waals surface area contributed by atoms with E-state index in [0.29, 0.717) is 0 Å². The zero-order chi connectivity index (χ0) is 5.86. The van der Waals surface area contributed by atoms with E-state index >= 15 is 0 Å². The van der Waals surface area contributed by atoms with Gasteiger partial charge in [-0.1, -0.05) is 0 Å². The summed E-state index contributed by atoms with van der Waals surface area (Å²) in [5.74, 6) is -0.815. The third-order valence-electron chi connectivity index (χ3n) is 0.514. The van der Waals surface area contributed by atoms with E-state index in [1.54, 1.807) is 0 Å². The van der Waals surface area contributed by atoms with Gasteiger partial charge < -0.3 is 12.3 Å². The van der Waals surface area contributed by atoms with Crippen LogP contribution in [0, 0.1) is 0 Å². The summed E-state index contributed by atoms with van der Waals surface area (Å²) in [5.41, 5.74) is 4.94. The zero-order valence-electron chi connectivity index (χ0n) is 5.66. The summed E-state index contributed by atoms with van der Waals surface area (Å²) in [5, 5.41) is 8.01. The summed E-state index contributed by atoms with van der Waals surface area (Å²) in [6.07, 6.45) is 0. The van der Waals surface area contributed by atoms with Gasteiger partial charge in [0, 0.05) is 5.75 Å². The van der Waals surface area contributed by atoms with Crippen LogP contribution in [0.25, 0.3) is 0 Å². The SMILES string of the molecule is NC(CS)C(=O)O.[H-].[Na+]. The predicted molar refractivity (Wildman–Crippen MR) is 30.6 cm³/mol. The minimum atomic E-state index is -1.00. The van der Waals surface area contributed by atoms with Gasteiger partial charge in [-0.15, -0.1) is 0 Å². The molecule has 3 nitrogen and oxygen atoms in total. The number of carbonyl (C=O) groups is 1. The van der Waals surface area contributed by atoms with Crippen LogP contribution < -0.4 is 35.3 Å². The first-order chi connectivity index (χ1) is 3.18. The Bertz CT molecular complexity index is 84.2. The Morgan fingerprint density at radius 1 is 2.00 bits per heavy atom. The summed E-state index contributed by atoms with van der Waals surface area (Å²) >= 11 is 3.65. The van der Waals surface area contributed by atoms with Crippen molar-refractivity contribution in [2.75, 3.05) is 5.75 Å². The van der Waals surface area contributed by atoms with Gasteiger partial charge in [0.2, 0.25) is 0 Å². The van der Waals surface area contributed by atoms with Crippen molar-refractivity contribution in [3.05, 3.63) is 0 Å². The molecule has 0 rings (SSSR count). The van der Waals surface area contributed by atoms with Crippen LogP contribution in [-0.4, -0.2) is 22.9 Å². The van der Waals surface area contributed by atoms with Crippen molar-refractivity contribution >= 4 is 18.6 Å². The van der Waals surface area contributed by atoms with Gasteiger partial charge in [-0.3, -0.25) is 4.79 Å². The van der Waals surface area contributed by atoms with Gasteiger partial charge in [0.05, 0.1) is 0 Å². The number of hydrogen-bond acceptors (Lipinski definition) is 3. The molecule has 44 valence electrons. The predicted octanol–water partition coefficient (Wildman–Crippen LogP) is -3.56. The Labute approximate surface area is 76.8 Å². The molecule has 0 aliphatic carbocycles. The molecule has 1 atom stereocenters. The van der Waals surface area contributed by atoms with Crippen molar-refractivity contribution in [2.45, 2.75) is 6.04 Å². The first-order valence-corrected chi connectivity index (χ1v) is 2.41. The topological polar surface area (TPSA) is 63.3 Å². The van der Waals surface area contributed by atoms with E-state index in [0.717, 1.165) is 0 Å². The Morgan fingerprint density at radius 3 is 2.38 bits per heavy atom. The Hall–Kier alpha value is 0.780. The average Bonchev–Trinajstić information content (AvgIpc) is 1.65. The third-order valence-corrected chi connectivity index (χ3v) is 0.907. The van der Waals surface area contributed by atoms with Crippen LogP contribution in [0.1, 0.15) is 1.43 Å². The summed E-state index contributed by atoms with van der Waals surface area (Å²) in [7, 11) is 0. The minimum absolute atomic E-state index is 0. The molecule has 0 aliphatic heterocycles. The molecule has 5 heteroatoms. The maximum Gasteiger partial charge on any atom is 1.00 e. The van der Waals surface area contributed by atoms with Crippen molar-refractivity contribution < 1.29 is 40.9 Å². The first kappa shape index (κ1) is 11.6. The van der Waals surface area contributed by atoms with E-state index in [1.807, 2.05) is 0 Å². The Morgan fingerprint density at radius 2 is 2.38 bits per heavy atom. The molecule has 0 aromatic carbocycles. The maximum atomic E-state index is 9.76. The van der Waals surface area contributed by atoms with Crippen molar-refractivity contribution in [1.82, 2.24) is 0 Å². The molecule has 0 heterocycles. The van der Waals surface area contributed by atoms with Crippen LogP contribution in [0.15, 0.2) is 0 Å². The van der Waals surface area contributed by atoms with Gasteiger partial charge in [-0.05, 0) is 0 Å². The van der Waals surface area contributed by atoms with Gasteiger partial charge >= 0.3 is 35.5 Å². The number of carboxylic acid groups (broad SMARTS) is 1. The molecule has 0 aliphatic rings. The average molecular weight is 145 g/mol. The molecule has 0 saturated carbocycles. The summed E-state index contributed by atoms with van der Waals surface area (Å²) in [4.78, 5) is 9.76. The first-order valence-electron chi connectivity index (χ1n) is 1.77. The van der Waals surface area contributed by atoms with E-state index < -0.39 is 12.0 Å². The second kappa shape index (κ2) is 5.91. The van der Waals surface area contributed by atoms with Crippen LogP contribution in [0.2, 0.25) is 0 Å². The molecular weight excluding hydrogens is 137 g/mol. The molecular formula is C3H8NNaO2S. The monoisotopic (exact) mass is 145 g/mol. The van der Waals surface area contributed by atoms with Gasteiger partial charge in [-0.25, -0.2) is 0 Å². The molecule has 0 saturated heterocycles. The minimum Gasteiger partial charge on any atom is -1.00 e. The van der Waals surface area contributed by atoms with Crippen LogP contribution in [-0.2, 0) is 4.79 Å². The van der Waals surface area contributed by atoms with E-state index in [1.165, 1.54) is 0 Å². The van der Waals surface area contributed by atoms with E-state index in [4.69, 9.17) is 10.8 Å². The van der Waals surface area contributed by atoms with Crippen LogP contribution >= 0.6 is 12.6 Å². The van der Waals surface area contributed by atoms with Gasteiger partial charge in [0.25, 0.3) is 0 Å². The molecule has 0 bridgehead atoms. The number of rotatable bonds is 2. The second-order valence-corrected chi connectivity index (χ2v) is 1.49. The molecule has 0 radical (unpaired) electrons. The van der Waals surface area contributed by atoms with Crippen LogP contribution in [0.3, 0.4) is 0 Å². The largest absolute Gasteiger partial charge is 1.00 e. The van der Waals surface area contributed by atoms with E-state index in [9.17, 15) is 4.79 Å². The molecule has 8 heavy (non-hydrogen) atoms. The van der Waals surface area contributed by atoms with Gasteiger partial charge in [0.15, 0.2) is 0 Å². The number of nitrogens with two attached hydrogens (primary N) is 1. The second-order valence-electron chi connectivity index (χ2n) is 1.13. The zero-order valence-corrected chi connectivity index (χ0v) is 7.56. The molecule has 3 N–H and O–H groups in total. The fourth-order valence-electron chi connectivity index (χ4n) is 0.0781. The van der Waals surface area contributed by atoms with Crippen LogP contribution in [0.4, 0.5) is 0 Å².